The Kier molecular flexibility index (Phi) is 5.20. The predicted octanol–water partition coefficient (Wildman–Crippen LogP) is 2.22. The van der Waals surface area contributed by atoms with Crippen molar-refractivity contribution in [3.63, 3.8) is 0 Å². The van der Waals surface area contributed by atoms with Gasteiger partial charge in [-0.2, -0.15) is 0 Å². The topological polar surface area (TPSA) is 67.9 Å². The first-order valence-corrected chi connectivity index (χ1v) is 8.59. The summed E-state index contributed by atoms with van der Waals surface area (Å²) in [5.41, 5.74) is 2.01. The number of rotatable bonds is 4. The Morgan fingerprint density at radius 3 is 2.72 bits per heavy atom. The molecule has 2 aliphatic heterocycles. The third-order valence-corrected chi connectivity index (χ3v) is 4.56. The molecular formula is C19H24N2O4. The molecule has 0 radical (unpaired) electrons. The van der Waals surface area contributed by atoms with E-state index in [1.54, 1.807) is 11.1 Å². The molecular weight excluding hydrogens is 320 g/mol. The number of nitrogens with zero attached hydrogens (tertiary/aromatic N) is 1. The summed E-state index contributed by atoms with van der Waals surface area (Å²) in [6.07, 6.45) is 4.70. The zero-order valence-corrected chi connectivity index (χ0v) is 14.7. The van der Waals surface area contributed by atoms with Gasteiger partial charge < -0.3 is 19.7 Å². The lowest BCUT2D eigenvalue weighted by Crippen LogP contribution is -2.48. The van der Waals surface area contributed by atoms with Crippen LogP contribution in [-0.4, -0.2) is 42.3 Å². The zero-order valence-electron chi connectivity index (χ0n) is 14.7. The Hall–Kier alpha value is -2.18. The summed E-state index contributed by atoms with van der Waals surface area (Å²) in [4.78, 5) is 26.1. The Labute approximate surface area is 147 Å². The summed E-state index contributed by atoms with van der Waals surface area (Å²) in [6, 6.07) is 7.51. The van der Waals surface area contributed by atoms with Crippen LogP contribution in [0.25, 0.3) is 6.08 Å². The van der Waals surface area contributed by atoms with E-state index in [1.165, 1.54) is 6.92 Å². The lowest BCUT2D eigenvalue weighted by Gasteiger charge is -2.35. The highest BCUT2D eigenvalue weighted by atomic mass is 16.7. The highest BCUT2D eigenvalue weighted by Gasteiger charge is 2.31. The van der Waals surface area contributed by atoms with Crippen LogP contribution in [0.5, 0.6) is 0 Å². The molecule has 1 aromatic rings. The number of carbonyl (C=O) groups excluding carboxylic acids is 2. The second-order valence-electron chi connectivity index (χ2n) is 6.55. The van der Waals surface area contributed by atoms with Gasteiger partial charge in [-0.25, -0.2) is 0 Å². The maximum atomic E-state index is 12.5. The van der Waals surface area contributed by atoms with Crippen molar-refractivity contribution in [1.29, 1.82) is 0 Å². The van der Waals surface area contributed by atoms with E-state index in [9.17, 15) is 9.59 Å². The van der Waals surface area contributed by atoms with Crippen LogP contribution in [-0.2, 0) is 19.1 Å². The molecule has 6 nitrogen and oxygen atoms in total. The number of nitrogens with one attached hydrogen (secondary N) is 1. The summed E-state index contributed by atoms with van der Waals surface area (Å²) in [5.74, 6) is -1.01. The molecule has 0 saturated carbocycles. The quantitative estimate of drug-likeness (QED) is 0.909. The zero-order chi connectivity index (χ0) is 17.9. The fraction of sp³-hybridized carbons (Fsp3) is 0.474. The van der Waals surface area contributed by atoms with Crippen LogP contribution in [0.4, 0.5) is 0 Å². The Bertz CT molecular complexity index is 680. The van der Waals surface area contributed by atoms with Crippen LogP contribution in [0.3, 0.4) is 0 Å². The van der Waals surface area contributed by atoms with Crippen LogP contribution in [0, 0.1) is 0 Å². The number of hydrogen-bond acceptors (Lipinski definition) is 4. The number of hydrogen-bond donors (Lipinski definition) is 1. The molecule has 0 spiro atoms. The standard InChI is InChI=1S/C19H24N2O4/c1-14(22)21-9-8-15-6-3-4-7-16(15)17(21)12-18(23)20-13-19(2)24-10-5-11-25-19/h3-4,6-9,17H,5,10-13H2,1-2H3,(H,20,23). The Balaban J connectivity index is 1.67. The molecule has 3 rings (SSSR count). The highest BCUT2D eigenvalue weighted by molar-refractivity contribution is 5.81. The van der Waals surface area contributed by atoms with Crippen molar-refractivity contribution in [1.82, 2.24) is 10.2 Å². The number of ether oxygens (including phenoxy) is 2. The van der Waals surface area contributed by atoms with Crippen molar-refractivity contribution in [2.24, 2.45) is 0 Å². The minimum atomic E-state index is -0.779. The van der Waals surface area contributed by atoms with Crippen molar-refractivity contribution < 1.29 is 19.1 Å². The van der Waals surface area contributed by atoms with Crippen LogP contribution in [0.15, 0.2) is 30.5 Å². The molecule has 1 unspecified atom stereocenters. The Morgan fingerprint density at radius 2 is 2.00 bits per heavy atom. The summed E-state index contributed by atoms with van der Waals surface area (Å²) >= 11 is 0. The van der Waals surface area contributed by atoms with Gasteiger partial charge in [0.1, 0.15) is 0 Å². The monoisotopic (exact) mass is 344 g/mol. The molecule has 2 amide bonds. The van der Waals surface area contributed by atoms with Crippen LogP contribution in [0.1, 0.15) is 43.9 Å². The first kappa shape index (κ1) is 17.6. The van der Waals surface area contributed by atoms with Crippen LogP contribution < -0.4 is 5.32 Å². The fourth-order valence-corrected chi connectivity index (χ4v) is 3.20. The molecule has 1 aromatic carbocycles. The molecule has 1 N–H and O–H groups in total. The third kappa shape index (κ3) is 4.08. The normalized spacial score (nSPS) is 21.5. The van der Waals surface area contributed by atoms with E-state index in [0.29, 0.717) is 13.2 Å². The largest absolute Gasteiger partial charge is 0.351 e. The molecule has 0 bridgehead atoms. The van der Waals surface area contributed by atoms with Gasteiger partial charge >= 0.3 is 0 Å². The van der Waals surface area contributed by atoms with E-state index in [-0.39, 0.29) is 30.8 Å². The molecule has 1 saturated heterocycles. The smallest absolute Gasteiger partial charge is 0.223 e. The maximum Gasteiger partial charge on any atom is 0.223 e. The van der Waals surface area contributed by atoms with Gasteiger partial charge in [-0.1, -0.05) is 24.3 Å². The molecule has 6 heteroatoms. The predicted molar refractivity (Wildman–Crippen MR) is 93.3 cm³/mol. The van der Waals surface area contributed by atoms with Crippen molar-refractivity contribution >= 4 is 17.9 Å². The van der Waals surface area contributed by atoms with Crippen LogP contribution >= 0.6 is 0 Å². The lowest BCUT2D eigenvalue weighted by atomic mass is 9.93. The van der Waals surface area contributed by atoms with Gasteiger partial charge in [0.05, 0.1) is 32.2 Å². The van der Waals surface area contributed by atoms with Crippen molar-refractivity contribution in [3.8, 4) is 0 Å². The van der Waals surface area contributed by atoms with Gasteiger partial charge in [-0.3, -0.25) is 9.59 Å². The van der Waals surface area contributed by atoms with E-state index in [1.807, 2.05) is 37.3 Å². The lowest BCUT2D eigenvalue weighted by molar-refractivity contribution is -0.251. The van der Waals surface area contributed by atoms with Gasteiger partial charge in [0.2, 0.25) is 11.8 Å². The number of fused-ring (bicyclic) bond motifs is 1. The molecule has 2 aliphatic rings. The summed E-state index contributed by atoms with van der Waals surface area (Å²) in [6.45, 7) is 4.88. The Morgan fingerprint density at radius 1 is 1.28 bits per heavy atom. The SMILES string of the molecule is CC(=O)N1C=Cc2ccccc2C1CC(=O)NCC1(C)OCCCO1. The highest BCUT2D eigenvalue weighted by Crippen LogP contribution is 2.32. The van der Waals surface area contributed by atoms with Gasteiger partial charge in [-0.05, 0) is 30.5 Å². The van der Waals surface area contributed by atoms with E-state index in [0.717, 1.165) is 17.5 Å². The first-order chi connectivity index (χ1) is 12.0. The second kappa shape index (κ2) is 7.37. The van der Waals surface area contributed by atoms with Gasteiger partial charge in [0.25, 0.3) is 0 Å². The van der Waals surface area contributed by atoms with Gasteiger partial charge in [0, 0.05) is 13.1 Å². The van der Waals surface area contributed by atoms with E-state index < -0.39 is 5.79 Å². The maximum absolute atomic E-state index is 12.5. The number of benzene rings is 1. The van der Waals surface area contributed by atoms with E-state index in [4.69, 9.17) is 9.47 Å². The fourth-order valence-electron chi connectivity index (χ4n) is 3.20. The molecule has 134 valence electrons. The number of carbonyl (C=O) groups is 2. The average molecular weight is 344 g/mol. The summed E-state index contributed by atoms with van der Waals surface area (Å²) in [5, 5.41) is 2.88. The molecule has 0 aliphatic carbocycles. The minimum Gasteiger partial charge on any atom is -0.351 e. The van der Waals surface area contributed by atoms with E-state index >= 15 is 0 Å². The molecule has 0 aromatic heterocycles. The molecule has 25 heavy (non-hydrogen) atoms. The van der Waals surface area contributed by atoms with Gasteiger partial charge in [0.15, 0.2) is 5.79 Å². The number of amides is 2. The third-order valence-electron chi connectivity index (χ3n) is 4.56. The average Bonchev–Trinajstić information content (AvgIpc) is 2.61. The first-order valence-electron chi connectivity index (χ1n) is 8.59. The van der Waals surface area contributed by atoms with Crippen LogP contribution in [0.2, 0.25) is 0 Å². The minimum absolute atomic E-state index is 0.0885. The van der Waals surface area contributed by atoms with Crippen molar-refractivity contribution in [3.05, 3.63) is 41.6 Å². The molecule has 1 fully saturated rings. The summed E-state index contributed by atoms with van der Waals surface area (Å²) < 4.78 is 11.2. The summed E-state index contributed by atoms with van der Waals surface area (Å²) in [7, 11) is 0. The van der Waals surface area contributed by atoms with Gasteiger partial charge in [-0.15, -0.1) is 0 Å². The molecule has 1 atom stereocenters. The van der Waals surface area contributed by atoms with E-state index in [2.05, 4.69) is 5.32 Å². The van der Waals surface area contributed by atoms with Crippen molar-refractivity contribution in [2.75, 3.05) is 19.8 Å². The molecule has 2 heterocycles. The second-order valence-corrected chi connectivity index (χ2v) is 6.55. The van der Waals surface area contributed by atoms with Crippen molar-refractivity contribution in [2.45, 2.75) is 38.5 Å².